The molecule has 0 spiro atoms. The molecular formula is C14H20N4+2. The fourth-order valence-electron chi connectivity index (χ4n) is 1.89. The Labute approximate surface area is 108 Å². The maximum atomic E-state index is 3.73. The molecule has 0 amide bonds. The van der Waals surface area contributed by atoms with E-state index in [-0.39, 0.29) is 0 Å². The van der Waals surface area contributed by atoms with Crippen LogP contribution in [0.3, 0.4) is 0 Å². The minimum Gasteiger partial charge on any atom is -0.233 e. The zero-order valence-corrected chi connectivity index (χ0v) is 10.7. The molecule has 4 heteroatoms. The first-order chi connectivity index (χ1) is 8.81. The number of nitrogens with zero attached hydrogens (tertiary/aromatic N) is 4. The van der Waals surface area contributed by atoms with Gasteiger partial charge in [-0.3, -0.25) is 0 Å². The first-order valence-electron chi connectivity index (χ1n) is 6.13. The van der Waals surface area contributed by atoms with Crippen LogP contribution in [0.15, 0.2) is 62.8 Å². The van der Waals surface area contributed by atoms with Gasteiger partial charge in [0.2, 0.25) is 12.7 Å². The van der Waals surface area contributed by atoms with E-state index in [1.807, 2.05) is 12.2 Å². The Morgan fingerprint density at radius 1 is 0.833 bits per heavy atom. The molecule has 0 aliphatic rings. The largest absolute Gasteiger partial charge is 0.244 e. The van der Waals surface area contributed by atoms with Gasteiger partial charge in [-0.2, -0.15) is 0 Å². The van der Waals surface area contributed by atoms with Crippen LogP contribution < -0.4 is 9.13 Å². The molecule has 0 bridgehead atoms. The molecule has 2 rings (SSSR count). The second kappa shape index (κ2) is 6.00. The van der Waals surface area contributed by atoms with Gasteiger partial charge in [0.25, 0.3) is 0 Å². The minimum atomic E-state index is 0.857. The normalized spacial score (nSPS) is 10.4. The van der Waals surface area contributed by atoms with Crippen molar-refractivity contribution in [2.75, 3.05) is 0 Å². The zero-order chi connectivity index (χ0) is 12.8. The van der Waals surface area contributed by atoms with Gasteiger partial charge in [-0.1, -0.05) is 25.3 Å². The summed E-state index contributed by atoms with van der Waals surface area (Å²) in [5.74, 6) is 0. The first kappa shape index (κ1) is 12.4. The molecule has 2 heterocycles. The molecule has 0 saturated carbocycles. The van der Waals surface area contributed by atoms with E-state index in [4.69, 9.17) is 0 Å². The highest BCUT2D eigenvalue weighted by Gasteiger charge is 2.06. The second-order valence-electron chi connectivity index (χ2n) is 4.27. The van der Waals surface area contributed by atoms with E-state index >= 15 is 0 Å². The zero-order valence-electron chi connectivity index (χ0n) is 10.7. The first-order valence-corrected chi connectivity index (χ1v) is 6.13. The van der Waals surface area contributed by atoms with Crippen LogP contribution in [0.2, 0.25) is 0 Å². The van der Waals surface area contributed by atoms with Crippen LogP contribution in [0.1, 0.15) is 0 Å². The third-order valence-electron chi connectivity index (χ3n) is 2.79. The highest BCUT2D eigenvalue weighted by Crippen LogP contribution is 1.87. The molecule has 2 aromatic heterocycles. The lowest BCUT2D eigenvalue weighted by Crippen LogP contribution is -2.42. The lowest BCUT2D eigenvalue weighted by molar-refractivity contribution is -0.777. The molecule has 0 unspecified atom stereocenters. The van der Waals surface area contributed by atoms with Crippen molar-refractivity contribution in [1.29, 1.82) is 0 Å². The summed E-state index contributed by atoms with van der Waals surface area (Å²) < 4.78 is 8.59. The predicted octanol–water partition coefficient (Wildman–Crippen LogP) is 0.937. The van der Waals surface area contributed by atoms with Crippen LogP contribution in [0, 0.1) is 0 Å². The summed E-state index contributed by atoms with van der Waals surface area (Å²) in [5.41, 5.74) is 0. The van der Waals surface area contributed by atoms with Gasteiger partial charge >= 0.3 is 0 Å². The van der Waals surface area contributed by atoms with E-state index in [0.717, 1.165) is 26.2 Å². The Hall–Kier alpha value is -2.10. The standard InChI is InChI=1S/C14H20N4/c1-3-5-15-7-9-17(13-15)11-12-18-10-8-16(14-18)6-4-2/h3-4,7-10,13-14H,1-2,5-6,11-12H2/q+2. The van der Waals surface area contributed by atoms with Crippen molar-refractivity contribution in [2.24, 2.45) is 0 Å². The van der Waals surface area contributed by atoms with Crippen molar-refractivity contribution in [3.8, 4) is 0 Å². The number of aryl methyl sites for hydroxylation is 2. The topological polar surface area (TPSA) is 17.6 Å². The van der Waals surface area contributed by atoms with Crippen molar-refractivity contribution in [3.63, 3.8) is 0 Å². The number of allylic oxidation sites excluding steroid dienone is 2. The summed E-state index contributed by atoms with van der Waals surface area (Å²) in [6, 6.07) is 0. The van der Waals surface area contributed by atoms with Gasteiger partial charge in [-0.05, 0) is 0 Å². The number of aromatic nitrogens is 4. The van der Waals surface area contributed by atoms with Crippen molar-refractivity contribution in [1.82, 2.24) is 9.13 Å². The Bertz CT molecular complexity index is 473. The molecule has 0 aliphatic heterocycles. The minimum absolute atomic E-state index is 0.857. The van der Waals surface area contributed by atoms with Gasteiger partial charge in [0.1, 0.15) is 51.0 Å². The number of hydrogen-bond acceptors (Lipinski definition) is 0. The summed E-state index contributed by atoms with van der Waals surface area (Å²) in [6.45, 7) is 11.1. The van der Waals surface area contributed by atoms with E-state index in [9.17, 15) is 0 Å². The summed E-state index contributed by atoms with van der Waals surface area (Å²) in [4.78, 5) is 0. The van der Waals surface area contributed by atoms with E-state index in [1.165, 1.54) is 0 Å². The molecule has 0 fully saturated rings. The van der Waals surface area contributed by atoms with Crippen LogP contribution in [-0.2, 0) is 26.2 Å². The maximum Gasteiger partial charge on any atom is 0.244 e. The highest BCUT2D eigenvalue weighted by molar-refractivity contribution is 4.74. The molecule has 0 aromatic carbocycles. The third-order valence-corrected chi connectivity index (χ3v) is 2.79. The van der Waals surface area contributed by atoms with Crippen LogP contribution >= 0.6 is 0 Å². The molecule has 4 nitrogen and oxygen atoms in total. The van der Waals surface area contributed by atoms with E-state index < -0.39 is 0 Å². The smallest absolute Gasteiger partial charge is 0.233 e. The second-order valence-corrected chi connectivity index (χ2v) is 4.27. The fourth-order valence-corrected chi connectivity index (χ4v) is 1.89. The lowest BCUT2D eigenvalue weighted by Gasteiger charge is -1.94. The lowest BCUT2D eigenvalue weighted by atomic mass is 10.6. The molecule has 2 aromatic rings. The van der Waals surface area contributed by atoms with Gasteiger partial charge < -0.3 is 0 Å². The third kappa shape index (κ3) is 3.20. The van der Waals surface area contributed by atoms with Gasteiger partial charge in [0.15, 0.2) is 0 Å². The quantitative estimate of drug-likeness (QED) is 0.509. The molecule has 0 aliphatic carbocycles. The van der Waals surface area contributed by atoms with E-state index in [2.05, 4.69) is 68.9 Å². The van der Waals surface area contributed by atoms with Crippen LogP contribution in [0.4, 0.5) is 0 Å². The Morgan fingerprint density at radius 2 is 1.28 bits per heavy atom. The monoisotopic (exact) mass is 244 g/mol. The average molecular weight is 244 g/mol. The van der Waals surface area contributed by atoms with Crippen LogP contribution in [-0.4, -0.2) is 9.13 Å². The molecule has 0 saturated heterocycles. The summed E-state index contributed by atoms with van der Waals surface area (Å²) in [6.07, 6.45) is 16.3. The van der Waals surface area contributed by atoms with Crippen molar-refractivity contribution in [2.45, 2.75) is 26.2 Å². The number of imidazole rings is 2. The van der Waals surface area contributed by atoms with E-state index in [0.29, 0.717) is 0 Å². The van der Waals surface area contributed by atoms with Crippen LogP contribution in [0.25, 0.3) is 0 Å². The SMILES string of the molecule is C=CCn1cc[n+](CC[n+]2ccn(CC=C)c2)c1. The van der Waals surface area contributed by atoms with Gasteiger partial charge in [-0.15, -0.1) is 0 Å². The molecule has 94 valence electrons. The maximum absolute atomic E-state index is 3.73. The van der Waals surface area contributed by atoms with E-state index in [1.54, 1.807) is 0 Å². The van der Waals surface area contributed by atoms with Gasteiger partial charge in [0, 0.05) is 0 Å². The Balaban J connectivity index is 1.89. The van der Waals surface area contributed by atoms with Crippen LogP contribution in [0.5, 0.6) is 0 Å². The van der Waals surface area contributed by atoms with Crippen molar-refractivity contribution in [3.05, 3.63) is 62.8 Å². The predicted molar refractivity (Wildman–Crippen MR) is 69.6 cm³/mol. The van der Waals surface area contributed by atoms with Gasteiger partial charge in [-0.25, -0.2) is 18.3 Å². The number of hydrogen-bond donors (Lipinski definition) is 0. The molecule has 0 atom stereocenters. The highest BCUT2D eigenvalue weighted by atomic mass is 15.1. The average Bonchev–Trinajstić information content (AvgIpc) is 2.97. The Kier molecular flexibility index (Phi) is 4.12. The van der Waals surface area contributed by atoms with Crippen molar-refractivity contribution < 1.29 is 9.13 Å². The molecule has 0 radical (unpaired) electrons. The molecular weight excluding hydrogens is 224 g/mol. The summed E-state index contributed by atoms with van der Waals surface area (Å²) in [5, 5.41) is 0. The summed E-state index contributed by atoms with van der Waals surface area (Å²) >= 11 is 0. The van der Waals surface area contributed by atoms with Gasteiger partial charge in [0.05, 0.1) is 0 Å². The fraction of sp³-hybridized carbons (Fsp3) is 0.286. The van der Waals surface area contributed by atoms with Crippen molar-refractivity contribution >= 4 is 0 Å². The summed E-state index contributed by atoms with van der Waals surface area (Å²) in [7, 11) is 0. The number of rotatable bonds is 7. The molecule has 18 heavy (non-hydrogen) atoms. The Morgan fingerprint density at radius 3 is 1.67 bits per heavy atom. The molecule has 0 N–H and O–H groups in total.